The molecule has 2 aromatic carbocycles. The average Bonchev–Trinajstić information content (AvgIpc) is 2.77. The van der Waals surface area contributed by atoms with Crippen LogP contribution in [0.3, 0.4) is 0 Å². The van der Waals surface area contributed by atoms with Gasteiger partial charge in [0.05, 0.1) is 15.5 Å². The Morgan fingerprint density at radius 1 is 0.950 bits per heavy atom. The van der Waals surface area contributed by atoms with Gasteiger partial charge < -0.3 is 4.74 Å². The molecule has 104 valence electrons. The van der Waals surface area contributed by atoms with Gasteiger partial charge in [-0.05, 0) is 38.5 Å². The first-order chi connectivity index (χ1) is 9.49. The van der Waals surface area contributed by atoms with Crippen LogP contribution in [-0.2, 0) is 0 Å². The van der Waals surface area contributed by atoms with E-state index < -0.39 is 5.82 Å². The van der Waals surface area contributed by atoms with Gasteiger partial charge in [0, 0.05) is 10.8 Å². The lowest BCUT2D eigenvalue weighted by Crippen LogP contribution is -2.06. The van der Waals surface area contributed by atoms with Crippen molar-refractivity contribution < 1.29 is 13.5 Å². The highest BCUT2D eigenvalue weighted by Gasteiger charge is 2.17. The lowest BCUT2D eigenvalue weighted by Gasteiger charge is -2.10. The molecule has 1 aromatic heterocycles. The van der Waals surface area contributed by atoms with Gasteiger partial charge in [-0.2, -0.15) is 0 Å². The van der Waals surface area contributed by atoms with Gasteiger partial charge in [0.25, 0.3) is 0 Å². The lowest BCUT2D eigenvalue weighted by atomic mass is 10.1. The fourth-order valence-electron chi connectivity index (χ4n) is 2.26. The number of hydrogen-bond donors (Lipinski definition) is 0. The number of hydrogen-bond acceptors (Lipinski definition) is 2. The van der Waals surface area contributed by atoms with Gasteiger partial charge in [-0.1, -0.05) is 12.1 Å². The molecule has 0 unspecified atom stereocenters. The van der Waals surface area contributed by atoms with Gasteiger partial charge in [-0.15, -0.1) is 11.3 Å². The van der Waals surface area contributed by atoms with Gasteiger partial charge in [-0.25, -0.2) is 8.78 Å². The molecule has 3 aromatic rings. The van der Waals surface area contributed by atoms with Crippen molar-refractivity contribution in [1.29, 1.82) is 0 Å². The third-order valence-electron chi connectivity index (χ3n) is 3.21. The van der Waals surface area contributed by atoms with E-state index in [1.165, 1.54) is 0 Å². The van der Waals surface area contributed by atoms with E-state index in [0.29, 0.717) is 15.0 Å². The van der Waals surface area contributed by atoms with Gasteiger partial charge in [-0.3, -0.25) is 0 Å². The molecular weight excluding hydrogens is 278 g/mol. The average molecular weight is 292 g/mol. The maximum Gasteiger partial charge on any atom is 0.182 e. The molecular formula is C16H14F2OS. The normalized spacial score (nSPS) is 11.7. The number of halogens is 2. The van der Waals surface area contributed by atoms with Crippen LogP contribution in [0.2, 0.25) is 0 Å². The molecule has 0 fully saturated rings. The Morgan fingerprint density at radius 3 is 2.20 bits per heavy atom. The highest BCUT2D eigenvalue weighted by molar-refractivity contribution is 7.25. The molecule has 4 heteroatoms. The molecule has 0 radical (unpaired) electrons. The predicted molar refractivity (Wildman–Crippen MR) is 79.7 cm³/mol. The molecule has 20 heavy (non-hydrogen) atoms. The summed E-state index contributed by atoms with van der Waals surface area (Å²) in [7, 11) is 0. The molecule has 0 spiro atoms. The predicted octanol–water partition coefficient (Wildman–Crippen LogP) is 5.43. The minimum atomic E-state index is -0.408. The maximum atomic E-state index is 14.5. The summed E-state index contributed by atoms with van der Waals surface area (Å²) in [5.74, 6) is -0.458. The van der Waals surface area contributed by atoms with E-state index in [1.54, 1.807) is 25.1 Å². The summed E-state index contributed by atoms with van der Waals surface area (Å²) in [5, 5.41) is 1.49. The van der Waals surface area contributed by atoms with Crippen molar-refractivity contribution in [2.45, 2.75) is 26.9 Å². The maximum absolute atomic E-state index is 14.5. The highest BCUT2D eigenvalue weighted by atomic mass is 32.1. The van der Waals surface area contributed by atoms with Crippen molar-refractivity contribution in [2.24, 2.45) is 0 Å². The minimum Gasteiger partial charge on any atom is -0.488 e. The topological polar surface area (TPSA) is 9.23 Å². The van der Waals surface area contributed by atoms with E-state index in [1.807, 2.05) is 19.9 Å². The van der Waals surface area contributed by atoms with Crippen LogP contribution in [0.25, 0.3) is 20.2 Å². The van der Waals surface area contributed by atoms with E-state index in [4.69, 9.17) is 4.74 Å². The Kier molecular flexibility index (Phi) is 3.13. The zero-order valence-corrected chi connectivity index (χ0v) is 12.3. The molecule has 0 atom stereocenters. The fraction of sp³-hybridized carbons (Fsp3) is 0.250. The van der Waals surface area contributed by atoms with Crippen molar-refractivity contribution in [2.75, 3.05) is 0 Å². The van der Waals surface area contributed by atoms with Crippen molar-refractivity contribution >= 4 is 31.5 Å². The molecule has 0 aliphatic heterocycles. The first kappa shape index (κ1) is 13.3. The molecule has 1 nitrogen and oxygen atoms in total. The molecule has 1 heterocycles. The van der Waals surface area contributed by atoms with Crippen molar-refractivity contribution in [3.63, 3.8) is 0 Å². The van der Waals surface area contributed by atoms with E-state index in [9.17, 15) is 8.78 Å². The standard InChI is InChI=1S/C16H14F2OS/c1-8(2)19-12-7-6-11-10-5-4-9(3)13(17)15(10)20-16(11)14(12)18/h4-8H,1-3H3. The molecule has 0 saturated carbocycles. The number of benzene rings is 2. The van der Waals surface area contributed by atoms with Crippen molar-refractivity contribution in [1.82, 2.24) is 0 Å². The fourth-order valence-corrected chi connectivity index (χ4v) is 3.48. The second kappa shape index (κ2) is 4.70. The quantitative estimate of drug-likeness (QED) is 0.612. The molecule has 0 N–H and O–H groups in total. The van der Waals surface area contributed by atoms with Crippen LogP contribution in [0, 0.1) is 18.6 Å². The van der Waals surface area contributed by atoms with Crippen LogP contribution >= 0.6 is 11.3 Å². The summed E-state index contributed by atoms with van der Waals surface area (Å²) in [6.45, 7) is 5.40. The number of fused-ring (bicyclic) bond motifs is 3. The Hall–Kier alpha value is -1.68. The Labute approximate surface area is 119 Å². The number of thiophene rings is 1. The van der Waals surface area contributed by atoms with E-state index in [2.05, 4.69) is 0 Å². The second-order valence-corrected chi connectivity index (χ2v) is 6.12. The van der Waals surface area contributed by atoms with Crippen LogP contribution in [-0.4, -0.2) is 6.10 Å². The third-order valence-corrected chi connectivity index (χ3v) is 4.42. The highest BCUT2D eigenvalue weighted by Crippen LogP contribution is 2.40. The van der Waals surface area contributed by atoms with Crippen LogP contribution in [0.5, 0.6) is 5.75 Å². The monoisotopic (exact) mass is 292 g/mol. The van der Waals surface area contributed by atoms with Crippen molar-refractivity contribution in [3.8, 4) is 5.75 Å². The number of aryl methyl sites for hydroxylation is 1. The third kappa shape index (κ3) is 1.95. The number of rotatable bonds is 2. The Morgan fingerprint density at radius 2 is 1.55 bits per heavy atom. The first-order valence-corrected chi connectivity index (χ1v) is 7.27. The smallest absolute Gasteiger partial charge is 0.182 e. The summed E-state index contributed by atoms with van der Waals surface area (Å²) < 4.78 is 35.0. The minimum absolute atomic E-state index is 0.102. The Balaban J connectivity index is 2.33. The van der Waals surface area contributed by atoms with E-state index in [-0.39, 0.29) is 17.7 Å². The molecule has 0 aliphatic carbocycles. The summed E-state index contributed by atoms with van der Waals surface area (Å²) in [6.07, 6.45) is -0.102. The lowest BCUT2D eigenvalue weighted by molar-refractivity contribution is 0.232. The van der Waals surface area contributed by atoms with E-state index >= 15 is 0 Å². The molecule has 0 amide bonds. The molecule has 3 rings (SSSR count). The summed E-state index contributed by atoms with van der Waals surface area (Å²) >= 11 is 1.14. The zero-order valence-electron chi connectivity index (χ0n) is 11.5. The SMILES string of the molecule is Cc1ccc2c(sc3c(F)c(OC(C)C)ccc32)c1F. The molecule has 0 saturated heterocycles. The molecule has 0 bridgehead atoms. The summed E-state index contributed by atoms with van der Waals surface area (Å²) in [5.41, 5.74) is 0.572. The largest absolute Gasteiger partial charge is 0.488 e. The number of ether oxygens (including phenoxy) is 1. The van der Waals surface area contributed by atoms with Crippen LogP contribution < -0.4 is 4.74 Å². The summed E-state index contributed by atoms with van der Waals surface area (Å²) in [6, 6.07) is 6.97. The van der Waals surface area contributed by atoms with Gasteiger partial charge in [0.2, 0.25) is 0 Å². The van der Waals surface area contributed by atoms with Crippen LogP contribution in [0.4, 0.5) is 8.78 Å². The Bertz CT molecular complexity index is 805. The van der Waals surface area contributed by atoms with Crippen LogP contribution in [0.15, 0.2) is 24.3 Å². The second-order valence-electron chi connectivity index (χ2n) is 5.10. The zero-order chi connectivity index (χ0) is 14.4. The van der Waals surface area contributed by atoms with Crippen molar-refractivity contribution in [3.05, 3.63) is 41.5 Å². The van der Waals surface area contributed by atoms with Gasteiger partial charge in [0.15, 0.2) is 11.6 Å². The van der Waals surface area contributed by atoms with E-state index in [0.717, 1.165) is 22.1 Å². The van der Waals surface area contributed by atoms with Gasteiger partial charge in [0.1, 0.15) is 5.82 Å². The van der Waals surface area contributed by atoms with Crippen LogP contribution in [0.1, 0.15) is 19.4 Å². The molecule has 0 aliphatic rings. The van der Waals surface area contributed by atoms with Gasteiger partial charge >= 0.3 is 0 Å². The summed E-state index contributed by atoms with van der Waals surface area (Å²) in [4.78, 5) is 0. The first-order valence-electron chi connectivity index (χ1n) is 6.45.